The molecule has 0 aliphatic rings. The van der Waals surface area contributed by atoms with Gasteiger partial charge in [-0.2, -0.15) is 0 Å². The molecule has 4 nitrogen and oxygen atoms in total. The Hall–Kier alpha value is -0.770. The Kier molecular flexibility index (Phi) is 3.79. The van der Waals surface area contributed by atoms with Crippen molar-refractivity contribution in [3.63, 3.8) is 0 Å². The minimum absolute atomic E-state index is 0.0139. The average Bonchev–Trinajstić information content (AvgIpc) is 1.87. The van der Waals surface area contributed by atoms with Crippen LogP contribution in [-0.4, -0.2) is 24.8 Å². The van der Waals surface area contributed by atoms with Gasteiger partial charge < -0.3 is 15.7 Å². The molecule has 54 valence electrons. The first-order chi connectivity index (χ1) is 4.22. The maximum absolute atomic E-state index is 8.14. The quantitative estimate of drug-likeness (QED) is 0.246. The Morgan fingerprint density at radius 3 is 2.78 bits per heavy atom. The normalized spacial score (nSPS) is 15.6. The molecule has 0 bridgehead atoms. The first-order valence-corrected chi connectivity index (χ1v) is 2.68. The first kappa shape index (κ1) is 8.23. The number of nitrogens with zero attached hydrogens (tertiary/aromatic N) is 1. The maximum atomic E-state index is 8.14. The minimum atomic E-state index is -0.0139. The third-order valence-corrected chi connectivity index (χ3v) is 1.04. The molecule has 9 heavy (non-hydrogen) atoms. The molecule has 0 aliphatic heterocycles. The van der Waals surface area contributed by atoms with Gasteiger partial charge in [-0.15, -0.1) is 0 Å². The molecule has 0 amide bonds. The van der Waals surface area contributed by atoms with Crippen molar-refractivity contribution in [1.29, 1.82) is 0 Å². The maximum Gasteiger partial charge on any atom is 0.144 e. The SMILES string of the molecule is COCC(C)/C(N)=N/O. The zero-order valence-electron chi connectivity index (χ0n) is 5.66. The van der Waals surface area contributed by atoms with Crippen LogP contribution in [0.15, 0.2) is 5.16 Å². The molecule has 0 spiro atoms. The van der Waals surface area contributed by atoms with Gasteiger partial charge in [-0.3, -0.25) is 0 Å². The molecule has 0 saturated heterocycles. The highest BCUT2D eigenvalue weighted by molar-refractivity contribution is 5.81. The van der Waals surface area contributed by atoms with Crippen molar-refractivity contribution in [2.45, 2.75) is 6.92 Å². The van der Waals surface area contributed by atoms with E-state index in [1.165, 1.54) is 0 Å². The fourth-order valence-corrected chi connectivity index (χ4v) is 0.434. The largest absolute Gasteiger partial charge is 0.409 e. The van der Waals surface area contributed by atoms with Crippen LogP contribution >= 0.6 is 0 Å². The predicted octanol–water partition coefficient (Wildman–Crippen LogP) is 0.0153. The van der Waals surface area contributed by atoms with Gasteiger partial charge >= 0.3 is 0 Å². The Morgan fingerprint density at radius 1 is 1.89 bits per heavy atom. The van der Waals surface area contributed by atoms with E-state index in [1.807, 2.05) is 6.92 Å². The van der Waals surface area contributed by atoms with Crippen LogP contribution in [0.1, 0.15) is 6.92 Å². The van der Waals surface area contributed by atoms with Crippen molar-refractivity contribution in [2.75, 3.05) is 13.7 Å². The summed E-state index contributed by atoms with van der Waals surface area (Å²) in [6, 6.07) is 0. The molecule has 0 aromatic carbocycles. The lowest BCUT2D eigenvalue weighted by Crippen LogP contribution is -2.24. The van der Waals surface area contributed by atoms with Crippen LogP contribution in [0.5, 0.6) is 0 Å². The second-order valence-electron chi connectivity index (χ2n) is 1.88. The predicted molar refractivity (Wildman–Crippen MR) is 34.4 cm³/mol. The lowest BCUT2D eigenvalue weighted by atomic mass is 10.2. The molecule has 0 radical (unpaired) electrons. The lowest BCUT2D eigenvalue weighted by molar-refractivity contribution is 0.179. The third-order valence-electron chi connectivity index (χ3n) is 1.04. The third kappa shape index (κ3) is 2.92. The molecule has 0 aliphatic carbocycles. The summed E-state index contributed by atoms with van der Waals surface area (Å²) in [6.45, 7) is 2.30. The highest BCUT2D eigenvalue weighted by Crippen LogP contribution is 1.93. The summed E-state index contributed by atoms with van der Waals surface area (Å²) in [5, 5.41) is 11.0. The van der Waals surface area contributed by atoms with E-state index in [1.54, 1.807) is 7.11 Å². The summed E-state index contributed by atoms with van der Waals surface area (Å²) in [5.74, 6) is 0.192. The Balaban J connectivity index is 3.59. The molecule has 1 unspecified atom stereocenters. The summed E-state index contributed by atoms with van der Waals surface area (Å²) in [5.41, 5.74) is 5.22. The summed E-state index contributed by atoms with van der Waals surface area (Å²) >= 11 is 0. The van der Waals surface area contributed by atoms with E-state index in [-0.39, 0.29) is 11.8 Å². The van der Waals surface area contributed by atoms with Crippen LogP contribution in [0.25, 0.3) is 0 Å². The van der Waals surface area contributed by atoms with Crippen LogP contribution in [0, 0.1) is 5.92 Å². The number of amidine groups is 1. The molecular weight excluding hydrogens is 120 g/mol. The van der Waals surface area contributed by atoms with Crippen LogP contribution < -0.4 is 5.73 Å². The Bertz CT molecular complexity index is 103. The highest BCUT2D eigenvalue weighted by Gasteiger charge is 2.04. The Morgan fingerprint density at radius 2 is 2.44 bits per heavy atom. The van der Waals surface area contributed by atoms with Gasteiger partial charge in [0.15, 0.2) is 0 Å². The number of ether oxygens (including phenoxy) is 1. The molecule has 4 heteroatoms. The van der Waals surface area contributed by atoms with Crippen LogP contribution in [0.3, 0.4) is 0 Å². The van der Waals surface area contributed by atoms with E-state index < -0.39 is 0 Å². The van der Waals surface area contributed by atoms with Gasteiger partial charge in [0.25, 0.3) is 0 Å². The average molecular weight is 132 g/mol. The van der Waals surface area contributed by atoms with Crippen LogP contribution in [0.4, 0.5) is 0 Å². The standard InChI is InChI=1S/C5H12N2O2/c1-4(3-9-2)5(6)7-8/h4,8H,3H2,1-2H3,(H2,6,7). The van der Waals surface area contributed by atoms with Crippen molar-refractivity contribution in [3.05, 3.63) is 0 Å². The van der Waals surface area contributed by atoms with Crippen molar-refractivity contribution < 1.29 is 9.94 Å². The number of hydrogen-bond donors (Lipinski definition) is 2. The monoisotopic (exact) mass is 132 g/mol. The smallest absolute Gasteiger partial charge is 0.144 e. The summed E-state index contributed by atoms with van der Waals surface area (Å²) in [7, 11) is 1.57. The molecule has 1 atom stereocenters. The molecule has 0 rings (SSSR count). The number of oxime groups is 1. The zero-order valence-corrected chi connectivity index (χ0v) is 5.66. The van der Waals surface area contributed by atoms with Gasteiger partial charge in [0.2, 0.25) is 0 Å². The lowest BCUT2D eigenvalue weighted by Gasteiger charge is -2.05. The van der Waals surface area contributed by atoms with Gasteiger partial charge in [-0.25, -0.2) is 0 Å². The molecule has 0 heterocycles. The highest BCUT2D eigenvalue weighted by atomic mass is 16.5. The summed E-state index contributed by atoms with van der Waals surface area (Å²) in [6.07, 6.45) is 0. The molecule has 0 aromatic rings. The van der Waals surface area contributed by atoms with Crippen molar-refractivity contribution >= 4 is 5.84 Å². The van der Waals surface area contributed by atoms with Crippen molar-refractivity contribution in [1.82, 2.24) is 0 Å². The van der Waals surface area contributed by atoms with E-state index in [4.69, 9.17) is 15.7 Å². The van der Waals surface area contributed by atoms with Crippen molar-refractivity contribution in [3.8, 4) is 0 Å². The van der Waals surface area contributed by atoms with E-state index in [0.29, 0.717) is 6.61 Å². The van der Waals surface area contributed by atoms with E-state index in [9.17, 15) is 0 Å². The topological polar surface area (TPSA) is 67.8 Å². The fraction of sp³-hybridized carbons (Fsp3) is 0.800. The zero-order chi connectivity index (χ0) is 7.28. The van der Waals surface area contributed by atoms with E-state index in [2.05, 4.69) is 5.16 Å². The summed E-state index contributed by atoms with van der Waals surface area (Å²) < 4.78 is 4.75. The van der Waals surface area contributed by atoms with Crippen LogP contribution in [-0.2, 0) is 4.74 Å². The van der Waals surface area contributed by atoms with E-state index >= 15 is 0 Å². The van der Waals surface area contributed by atoms with Crippen molar-refractivity contribution in [2.24, 2.45) is 16.8 Å². The Labute approximate surface area is 54.3 Å². The number of rotatable bonds is 3. The second-order valence-corrected chi connectivity index (χ2v) is 1.88. The van der Waals surface area contributed by atoms with Crippen LogP contribution in [0.2, 0.25) is 0 Å². The first-order valence-electron chi connectivity index (χ1n) is 2.68. The number of methoxy groups -OCH3 is 1. The molecule has 0 saturated carbocycles. The second kappa shape index (κ2) is 4.14. The number of hydrogen-bond acceptors (Lipinski definition) is 3. The van der Waals surface area contributed by atoms with Gasteiger partial charge in [0, 0.05) is 13.0 Å². The molecule has 3 N–H and O–H groups in total. The van der Waals surface area contributed by atoms with Gasteiger partial charge in [0.05, 0.1) is 6.61 Å². The number of nitrogens with two attached hydrogens (primary N) is 1. The minimum Gasteiger partial charge on any atom is -0.409 e. The molecule has 0 fully saturated rings. The van der Waals surface area contributed by atoms with Gasteiger partial charge in [0.1, 0.15) is 5.84 Å². The summed E-state index contributed by atoms with van der Waals surface area (Å²) in [4.78, 5) is 0. The van der Waals surface area contributed by atoms with Gasteiger partial charge in [-0.05, 0) is 0 Å². The molecule has 0 aromatic heterocycles. The van der Waals surface area contributed by atoms with Gasteiger partial charge in [-0.1, -0.05) is 12.1 Å². The fourth-order valence-electron chi connectivity index (χ4n) is 0.434. The van der Waals surface area contributed by atoms with E-state index in [0.717, 1.165) is 0 Å². The molecular formula is C5H12N2O2.